The van der Waals surface area contributed by atoms with Crippen molar-refractivity contribution in [2.75, 3.05) is 17.2 Å². The van der Waals surface area contributed by atoms with Crippen molar-refractivity contribution in [2.24, 2.45) is 11.7 Å². The van der Waals surface area contributed by atoms with Gasteiger partial charge in [0.15, 0.2) is 0 Å². The maximum Gasteiger partial charge on any atom is 0.319 e. The predicted molar refractivity (Wildman–Crippen MR) is 85.7 cm³/mol. The molecule has 7 heteroatoms. The van der Waals surface area contributed by atoms with Gasteiger partial charge in [0, 0.05) is 29.9 Å². The van der Waals surface area contributed by atoms with Gasteiger partial charge in [0.25, 0.3) is 0 Å². The molecule has 1 aromatic carbocycles. The van der Waals surface area contributed by atoms with Crippen LogP contribution in [0.25, 0.3) is 0 Å². The zero-order valence-corrected chi connectivity index (χ0v) is 12.7. The summed E-state index contributed by atoms with van der Waals surface area (Å²) in [7, 11) is 0. The molecule has 0 radical (unpaired) electrons. The second-order valence-electron chi connectivity index (χ2n) is 5.08. The molecule has 3 amide bonds. The molecule has 0 bridgehead atoms. The highest BCUT2D eigenvalue weighted by Gasteiger charge is 2.23. The Morgan fingerprint density at radius 2 is 1.71 bits per heavy atom. The van der Waals surface area contributed by atoms with Crippen LogP contribution in [-0.2, 0) is 4.79 Å². The van der Waals surface area contributed by atoms with E-state index in [-0.39, 0.29) is 30.3 Å². The van der Waals surface area contributed by atoms with Gasteiger partial charge in [0.1, 0.15) is 0 Å². The van der Waals surface area contributed by atoms with Crippen LogP contribution < -0.4 is 21.7 Å². The van der Waals surface area contributed by atoms with Crippen LogP contribution in [0.4, 0.5) is 16.2 Å². The molecule has 0 saturated heterocycles. The van der Waals surface area contributed by atoms with Crippen molar-refractivity contribution in [1.82, 2.24) is 5.32 Å². The smallest absolute Gasteiger partial charge is 0.319 e. The molecule has 21 heavy (non-hydrogen) atoms. The number of amides is 3. The largest absolute Gasteiger partial charge is 0.335 e. The van der Waals surface area contributed by atoms with Gasteiger partial charge >= 0.3 is 6.03 Å². The van der Waals surface area contributed by atoms with Gasteiger partial charge < -0.3 is 21.7 Å². The number of carbonyl (C=O) groups is 2. The lowest BCUT2D eigenvalue weighted by molar-refractivity contribution is -0.119. The third kappa shape index (κ3) is 5.61. The monoisotopic (exact) mass is 312 g/mol. The summed E-state index contributed by atoms with van der Waals surface area (Å²) >= 11 is 0. The molecular weight excluding hydrogens is 292 g/mol. The van der Waals surface area contributed by atoms with E-state index < -0.39 is 0 Å². The number of nitrogens with two attached hydrogens (primary N) is 1. The average molecular weight is 313 g/mol. The molecule has 1 aliphatic carbocycles. The molecule has 1 saturated carbocycles. The van der Waals surface area contributed by atoms with Gasteiger partial charge in [0.2, 0.25) is 5.91 Å². The number of anilines is 2. The fourth-order valence-electron chi connectivity index (χ4n) is 1.59. The van der Waals surface area contributed by atoms with E-state index in [2.05, 4.69) is 16.0 Å². The molecule has 0 aliphatic heterocycles. The SMILES string of the molecule is CC(CN)C(=O)Nc1ccc(NC(=O)NC2CC2)cc1.Cl. The zero-order valence-electron chi connectivity index (χ0n) is 11.9. The highest BCUT2D eigenvalue weighted by Crippen LogP contribution is 2.19. The molecule has 0 spiro atoms. The number of benzene rings is 1. The fraction of sp³-hybridized carbons (Fsp3) is 0.429. The normalized spacial score (nSPS) is 14.6. The number of rotatable bonds is 5. The quantitative estimate of drug-likeness (QED) is 0.669. The van der Waals surface area contributed by atoms with Crippen molar-refractivity contribution in [3.05, 3.63) is 24.3 Å². The van der Waals surface area contributed by atoms with E-state index in [1.54, 1.807) is 31.2 Å². The summed E-state index contributed by atoms with van der Waals surface area (Å²) in [6, 6.07) is 7.11. The van der Waals surface area contributed by atoms with E-state index in [1.807, 2.05) is 0 Å². The van der Waals surface area contributed by atoms with Crippen molar-refractivity contribution in [3.63, 3.8) is 0 Å². The zero-order chi connectivity index (χ0) is 14.5. The van der Waals surface area contributed by atoms with Crippen LogP contribution in [0.15, 0.2) is 24.3 Å². The molecule has 1 aliphatic rings. The average Bonchev–Trinajstić information content (AvgIpc) is 3.23. The number of carbonyl (C=O) groups excluding carboxylic acids is 2. The van der Waals surface area contributed by atoms with E-state index in [9.17, 15) is 9.59 Å². The lowest BCUT2D eigenvalue weighted by Crippen LogP contribution is -2.30. The summed E-state index contributed by atoms with van der Waals surface area (Å²) in [5.74, 6) is -0.336. The van der Waals surface area contributed by atoms with Crippen molar-refractivity contribution in [2.45, 2.75) is 25.8 Å². The summed E-state index contributed by atoms with van der Waals surface area (Å²) in [6.45, 7) is 2.08. The Morgan fingerprint density at radius 3 is 2.19 bits per heavy atom. The minimum Gasteiger partial charge on any atom is -0.335 e. The molecule has 2 rings (SSSR count). The predicted octanol–water partition coefficient (Wildman–Crippen LogP) is 1.93. The maximum atomic E-state index is 11.7. The summed E-state index contributed by atoms with van der Waals surface area (Å²) in [4.78, 5) is 23.2. The molecule has 0 heterocycles. The van der Waals surface area contributed by atoms with Gasteiger partial charge in [-0.15, -0.1) is 12.4 Å². The third-order valence-electron chi connectivity index (χ3n) is 3.12. The molecule has 1 atom stereocenters. The first-order valence-corrected chi connectivity index (χ1v) is 6.77. The van der Waals surface area contributed by atoms with Crippen LogP contribution >= 0.6 is 12.4 Å². The van der Waals surface area contributed by atoms with Crippen LogP contribution in [0, 0.1) is 5.92 Å². The van der Waals surface area contributed by atoms with Crippen LogP contribution in [0.1, 0.15) is 19.8 Å². The number of nitrogens with one attached hydrogen (secondary N) is 3. The van der Waals surface area contributed by atoms with E-state index in [4.69, 9.17) is 5.73 Å². The summed E-state index contributed by atoms with van der Waals surface area (Å²) in [6.07, 6.45) is 2.11. The summed E-state index contributed by atoms with van der Waals surface area (Å²) in [5, 5.41) is 8.35. The van der Waals surface area contributed by atoms with Gasteiger partial charge in [-0.1, -0.05) is 6.92 Å². The van der Waals surface area contributed by atoms with Crippen LogP contribution in [-0.4, -0.2) is 24.5 Å². The first-order chi connectivity index (χ1) is 9.58. The third-order valence-corrected chi connectivity index (χ3v) is 3.12. The number of hydrogen-bond donors (Lipinski definition) is 4. The Balaban J connectivity index is 0.00000220. The molecule has 1 aromatic rings. The topological polar surface area (TPSA) is 96.2 Å². The van der Waals surface area contributed by atoms with Gasteiger partial charge in [0.05, 0.1) is 0 Å². The van der Waals surface area contributed by atoms with Crippen molar-refractivity contribution >= 4 is 35.7 Å². The van der Waals surface area contributed by atoms with Gasteiger partial charge in [-0.05, 0) is 37.1 Å². The first-order valence-electron chi connectivity index (χ1n) is 6.77. The molecule has 0 aromatic heterocycles. The second-order valence-corrected chi connectivity index (χ2v) is 5.08. The molecule has 6 nitrogen and oxygen atoms in total. The standard InChI is InChI=1S/C14H20N4O2.ClH/c1-9(8-15)13(19)16-10-2-4-11(5-3-10)17-14(20)18-12-6-7-12;/h2-5,9,12H,6-8,15H2,1H3,(H,16,19)(H2,17,18,20);1H. The number of halogens is 1. The lowest BCUT2D eigenvalue weighted by atomic mass is 10.1. The Labute approximate surface area is 130 Å². The van der Waals surface area contributed by atoms with Gasteiger partial charge in [-0.2, -0.15) is 0 Å². The van der Waals surface area contributed by atoms with Crippen LogP contribution in [0.2, 0.25) is 0 Å². The van der Waals surface area contributed by atoms with Gasteiger partial charge in [-0.25, -0.2) is 4.79 Å². The molecule has 1 unspecified atom stereocenters. The fourth-order valence-corrected chi connectivity index (χ4v) is 1.59. The summed E-state index contributed by atoms with van der Waals surface area (Å²) < 4.78 is 0. The van der Waals surface area contributed by atoms with E-state index in [1.165, 1.54) is 0 Å². The van der Waals surface area contributed by atoms with Crippen LogP contribution in [0.5, 0.6) is 0 Å². The molecule has 5 N–H and O–H groups in total. The molecule has 116 valence electrons. The minimum atomic E-state index is -0.225. The molecule has 1 fully saturated rings. The van der Waals surface area contributed by atoms with Crippen LogP contribution in [0.3, 0.4) is 0 Å². The van der Waals surface area contributed by atoms with E-state index >= 15 is 0 Å². The van der Waals surface area contributed by atoms with Crippen molar-refractivity contribution in [3.8, 4) is 0 Å². The minimum absolute atomic E-state index is 0. The molecular formula is C14H21ClN4O2. The second kappa shape index (κ2) is 7.85. The first kappa shape index (κ1) is 17.3. The van der Waals surface area contributed by atoms with Crippen molar-refractivity contribution < 1.29 is 9.59 Å². The van der Waals surface area contributed by atoms with E-state index in [0.717, 1.165) is 12.8 Å². The van der Waals surface area contributed by atoms with Crippen molar-refractivity contribution in [1.29, 1.82) is 0 Å². The highest BCUT2D eigenvalue weighted by molar-refractivity contribution is 5.93. The highest BCUT2D eigenvalue weighted by atomic mass is 35.5. The van der Waals surface area contributed by atoms with E-state index in [0.29, 0.717) is 24.0 Å². The summed E-state index contributed by atoms with van der Waals surface area (Å²) in [5.41, 5.74) is 6.81. The number of hydrogen-bond acceptors (Lipinski definition) is 3. The Kier molecular flexibility index (Phi) is 6.45. The van der Waals surface area contributed by atoms with Gasteiger partial charge in [-0.3, -0.25) is 4.79 Å². The Hall–Kier alpha value is -1.79. The number of urea groups is 1. The Bertz CT molecular complexity index is 488. The maximum absolute atomic E-state index is 11.7. The Morgan fingerprint density at radius 1 is 1.19 bits per heavy atom. The lowest BCUT2D eigenvalue weighted by Gasteiger charge is -2.11.